The van der Waals surface area contributed by atoms with E-state index >= 15 is 0 Å². The Hall–Kier alpha value is -3.49. The number of para-hydroxylation sites is 2. The van der Waals surface area contributed by atoms with E-state index in [4.69, 9.17) is 4.74 Å². The number of methoxy groups -OCH3 is 1. The molecular weight excluding hydrogens is 393 g/mol. The monoisotopic (exact) mass is 415 g/mol. The van der Waals surface area contributed by atoms with E-state index in [1.54, 1.807) is 24.3 Å². The van der Waals surface area contributed by atoms with Crippen LogP contribution in [0.25, 0.3) is 0 Å². The Labute approximate surface area is 172 Å². The van der Waals surface area contributed by atoms with Crippen LogP contribution in [-0.4, -0.2) is 41.8 Å². The minimum Gasteiger partial charge on any atom is -0.495 e. The Kier molecular flexibility index (Phi) is 6.29. The first-order valence-corrected chi connectivity index (χ1v) is 9.49. The van der Waals surface area contributed by atoms with Crippen molar-refractivity contribution in [3.63, 3.8) is 0 Å². The predicted octanol–water partition coefficient (Wildman–Crippen LogP) is 3.54. The number of carbonyl (C=O) groups is 2. The molecule has 158 valence electrons. The number of benzene rings is 2. The first-order chi connectivity index (χ1) is 14.3. The van der Waals surface area contributed by atoms with Crippen molar-refractivity contribution >= 4 is 23.2 Å². The van der Waals surface area contributed by atoms with Gasteiger partial charge in [-0.3, -0.25) is 19.7 Å². The van der Waals surface area contributed by atoms with Crippen LogP contribution in [0.1, 0.15) is 28.8 Å². The van der Waals surface area contributed by atoms with Crippen LogP contribution >= 0.6 is 0 Å². The number of ether oxygens (including phenoxy) is 1. The summed E-state index contributed by atoms with van der Waals surface area (Å²) in [5, 5.41) is 13.9. The van der Waals surface area contributed by atoms with Crippen molar-refractivity contribution in [2.24, 2.45) is 5.92 Å². The van der Waals surface area contributed by atoms with Crippen LogP contribution in [-0.2, 0) is 4.79 Å². The molecule has 0 bridgehead atoms. The molecule has 3 rings (SSSR count). The Bertz CT molecular complexity index is 987. The molecule has 1 aliphatic heterocycles. The number of rotatable bonds is 5. The highest BCUT2D eigenvalue weighted by Crippen LogP contribution is 2.27. The van der Waals surface area contributed by atoms with Crippen molar-refractivity contribution in [3.8, 4) is 5.75 Å². The summed E-state index contributed by atoms with van der Waals surface area (Å²) in [5.41, 5.74) is -0.0274. The summed E-state index contributed by atoms with van der Waals surface area (Å²) in [6, 6.07) is 9.20. The molecule has 1 heterocycles. The first-order valence-electron chi connectivity index (χ1n) is 9.49. The second kappa shape index (κ2) is 8.89. The highest BCUT2D eigenvalue weighted by atomic mass is 19.1. The number of piperidine rings is 1. The van der Waals surface area contributed by atoms with Gasteiger partial charge in [-0.05, 0) is 38.0 Å². The van der Waals surface area contributed by atoms with Gasteiger partial charge in [-0.2, -0.15) is 0 Å². The van der Waals surface area contributed by atoms with E-state index in [1.807, 2.05) is 0 Å². The normalized spacial score (nSPS) is 14.3. The van der Waals surface area contributed by atoms with Crippen LogP contribution in [0, 0.1) is 28.8 Å². The number of amides is 2. The number of nitrogens with one attached hydrogen (secondary N) is 1. The molecule has 30 heavy (non-hydrogen) atoms. The molecule has 2 aromatic rings. The van der Waals surface area contributed by atoms with Gasteiger partial charge in [0.1, 0.15) is 11.6 Å². The van der Waals surface area contributed by atoms with Gasteiger partial charge in [-0.15, -0.1) is 0 Å². The average molecular weight is 415 g/mol. The van der Waals surface area contributed by atoms with Crippen molar-refractivity contribution in [2.75, 3.05) is 25.5 Å². The SMILES string of the molecule is COc1ccccc1NC(=O)C1CCN(C(=O)c2cc(F)c(C)c([N+](=O)[O-])c2)CC1. The van der Waals surface area contributed by atoms with Gasteiger partial charge in [0.2, 0.25) is 5.91 Å². The number of halogens is 1. The molecule has 9 heteroatoms. The molecular formula is C21H22FN3O5. The third-order valence-corrected chi connectivity index (χ3v) is 5.28. The standard InChI is InChI=1S/C21H22FN3O5/c1-13-16(22)11-15(12-18(13)25(28)29)21(27)24-9-7-14(8-10-24)20(26)23-17-5-3-4-6-19(17)30-2/h3-6,11-12,14H,7-10H2,1-2H3,(H,23,26). The molecule has 0 spiro atoms. The third-order valence-electron chi connectivity index (χ3n) is 5.28. The average Bonchev–Trinajstić information content (AvgIpc) is 2.75. The van der Waals surface area contributed by atoms with Crippen LogP contribution < -0.4 is 10.1 Å². The van der Waals surface area contributed by atoms with Crippen molar-refractivity contribution in [3.05, 3.63) is 63.5 Å². The van der Waals surface area contributed by atoms with Crippen molar-refractivity contribution < 1.29 is 23.6 Å². The molecule has 1 aliphatic rings. The van der Waals surface area contributed by atoms with E-state index in [0.717, 1.165) is 12.1 Å². The quantitative estimate of drug-likeness (QED) is 0.594. The number of likely N-dealkylation sites (tertiary alicyclic amines) is 1. The molecule has 2 amide bonds. The smallest absolute Gasteiger partial charge is 0.276 e. The summed E-state index contributed by atoms with van der Waals surface area (Å²) < 4.78 is 19.3. The third kappa shape index (κ3) is 4.40. The molecule has 0 aromatic heterocycles. The first kappa shape index (κ1) is 21.2. The number of hydrogen-bond donors (Lipinski definition) is 1. The van der Waals surface area contributed by atoms with Gasteiger partial charge in [0.15, 0.2) is 0 Å². The summed E-state index contributed by atoms with van der Waals surface area (Å²) >= 11 is 0. The van der Waals surface area contributed by atoms with Crippen molar-refractivity contribution in [1.29, 1.82) is 0 Å². The summed E-state index contributed by atoms with van der Waals surface area (Å²) in [6.07, 6.45) is 0.867. The Morgan fingerprint density at radius 1 is 1.23 bits per heavy atom. The van der Waals surface area contributed by atoms with Crippen molar-refractivity contribution in [2.45, 2.75) is 19.8 Å². The van der Waals surface area contributed by atoms with E-state index < -0.39 is 22.3 Å². The fraction of sp³-hybridized carbons (Fsp3) is 0.333. The number of nitrogens with zero attached hydrogens (tertiary/aromatic N) is 2. The van der Waals surface area contributed by atoms with Crippen LogP contribution in [0.15, 0.2) is 36.4 Å². The Morgan fingerprint density at radius 2 is 1.90 bits per heavy atom. The molecule has 1 N–H and O–H groups in total. The Morgan fingerprint density at radius 3 is 2.53 bits per heavy atom. The minimum atomic E-state index is -0.793. The zero-order chi connectivity index (χ0) is 21.8. The molecule has 0 radical (unpaired) electrons. The van der Waals surface area contributed by atoms with E-state index in [1.165, 1.54) is 18.9 Å². The van der Waals surface area contributed by atoms with Gasteiger partial charge in [-0.25, -0.2) is 4.39 Å². The van der Waals surface area contributed by atoms with Crippen LogP contribution in [0.2, 0.25) is 0 Å². The largest absolute Gasteiger partial charge is 0.495 e. The van der Waals surface area contributed by atoms with Gasteiger partial charge in [0.05, 0.1) is 23.3 Å². The highest BCUT2D eigenvalue weighted by molar-refractivity contribution is 5.96. The van der Waals surface area contributed by atoms with Crippen LogP contribution in [0.3, 0.4) is 0 Å². The second-order valence-corrected chi connectivity index (χ2v) is 7.12. The lowest BCUT2D eigenvalue weighted by Crippen LogP contribution is -2.41. The number of nitro benzene ring substituents is 1. The lowest BCUT2D eigenvalue weighted by Gasteiger charge is -2.31. The topological polar surface area (TPSA) is 102 Å². The van der Waals surface area contributed by atoms with Gasteiger partial charge >= 0.3 is 0 Å². The summed E-state index contributed by atoms with van der Waals surface area (Å²) in [6.45, 7) is 1.89. The second-order valence-electron chi connectivity index (χ2n) is 7.12. The number of carbonyl (C=O) groups excluding carboxylic acids is 2. The van der Waals surface area contributed by atoms with E-state index in [0.29, 0.717) is 37.4 Å². The van der Waals surface area contributed by atoms with Crippen LogP contribution in [0.4, 0.5) is 15.8 Å². The maximum atomic E-state index is 14.0. The minimum absolute atomic E-state index is 0.0678. The molecule has 0 aliphatic carbocycles. The number of nitro groups is 1. The maximum absolute atomic E-state index is 14.0. The fourth-order valence-corrected chi connectivity index (χ4v) is 3.49. The predicted molar refractivity (Wildman–Crippen MR) is 108 cm³/mol. The van der Waals surface area contributed by atoms with Gasteiger partial charge in [-0.1, -0.05) is 12.1 Å². The summed E-state index contributed by atoms with van der Waals surface area (Å²) in [4.78, 5) is 37.2. The lowest BCUT2D eigenvalue weighted by molar-refractivity contribution is -0.385. The summed E-state index contributed by atoms with van der Waals surface area (Å²) in [7, 11) is 1.52. The Balaban J connectivity index is 1.65. The van der Waals surface area contributed by atoms with Gasteiger partial charge < -0.3 is 15.0 Å². The lowest BCUT2D eigenvalue weighted by atomic mass is 9.95. The zero-order valence-corrected chi connectivity index (χ0v) is 16.7. The van der Waals surface area contributed by atoms with E-state index in [-0.39, 0.29) is 23.0 Å². The molecule has 0 saturated carbocycles. The van der Waals surface area contributed by atoms with Gasteiger partial charge in [0.25, 0.3) is 11.6 Å². The van der Waals surface area contributed by atoms with Gasteiger partial charge in [0, 0.05) is 30.6 Å². The maximum Gasteiger partial charge on any atom is 0.276 e. The van der Waals surface area contributed by atoms with Crippen molar-refractivity contribution in [1.82, 2.24) is 4.90 Å². The van der Waals surface area contributed by atoms with E-state index in [2.05, 4.69) is 5.32 Å². The fourth-order valence-electron chi connectivity index (χ4n) is 3.49. The zero-order valence-electron chi connectivity index (χ0n) is 16.7. The molecule has 1 saturated heterocycles. The van der Waals surface area contributed by atoms with Crippen LogP contribution in [0.5, 0.6) is 5.75 Å². The van der Waals surface area contributed by atoms with E-state index in [9.17, 15) is 24.1 Å². The number of hydrogen-bond acceptors (Lipinski definition) is 5. The molecule has 0 atom stereocenters. The number of anilines is 1. The molecule has 1 fully saturated rings. The molecule has 0 unspecified atom stereocenters. The molecule has 2 aromatic carbocycles. The summed E-state index contributed by atoms with van der Waals surface area (Å²) in [5.74, 6) is -1.17. The highest BCUT2D eigenvalue weighted by Gasteiger charge is 2.29. The molecule has 8 nitrogen and oxygen atoms in total.